The summed E-state index contributed by atoms with van der Waals surface area (Å²) >= 11 is 3.34. The van der Waals surface area contributed by atoms with Crippen molar-refractivity contribution in [3.8, 4) is 0 Å². The van der Waals surface area contributed by atoms with Gasteiger partial charge in [-0.3, -0.25) is 0 Å². The lowest BCUT2D eigenvalue weighted by Gasteiger charge is -2.28. The molecule has 0 amide bonds. The fourth-order valence-corrected chi connectivity index (χ4v) is 2.25. The summed E-state index contributed by atoms with van der Waals surface area (Å²) in [6.07, 6.45) is 0. The highest BCUT2D eigenvalue weighted by molar-refractivity contribution is 9.10. The maximum atomic E-state index is 5.59. The van der Waals surface area contributed by atoms with Gasteiger partial charge in [0.15, 0.2) is 10.6 Å². The molecule has 1 aliphatic heterocycles. The quantitative estimate of drug-likeness (QED) is 0.852. The molecular formula is C11H17BrN2O. The van der Waals surface area contributed by atoms with E-state index in [0.717, 1.165) is 36.7 Å². The molecule has 1 aliphatic rings. The molecule has 1 fully saturated rings. The molecule has 0 unspecified atom stereocenters. The van der Waals surface area contributed by atoms with Gasteiger partial charge in [-0.25, -0.2) is 0 Å². The standard InChI is InChI=1S/C11H17BrN2O/c1-11(2)7-13-5-6-14(8-11)10-4-3-9(12)15-10/h3-4,13H,5-8H2,1-2H3. The molecule has 0 aliphatic carbocycles. The van der Waals surface area contributed by atoms with Crippen molar-refractivity contribution in [3.05, 3.63) is 16.8 Å². The van der Waals surface area contributed by atoms with E-state index < -0.39 is 0 Å². The van der Waals surface area contributed by atoms with Gasteiger partial charge in [-0.1, -0.05) is 13.8 Å². The van der Waals surface area contributed by atoms with E-state index in [0.29, 0.717) is 0 Å². The van der Waals surface area contributed by atoms with Crippen LogP contribution in [0, 0.1) is 5.41 Å². The Balaban J connectivity index is 2.14. The lowest BCUT2D eigenvalue weighted by molar-refractivity contribution is 0.364. The first kappa shape index (κ1) is 11.0. The van der Waals surface area contributed by atoms with E-state index >= 15 is 0 Å². The minimum absolute atomic E-state index is 0.287. The Kier molecular flexibility index (Phi) is 3.07. The molecule has 1 N–H and O–H groups in total. The van der Waals surface area contributed by atoms with Crippen molar-refractivity contribution in [1.82, 2.24) is 5.32 Å². The first-order chi connectivity index (χ1) is 7.07. The zero-order chi connectivity index (χ0) is 10.9. The van der Waals surface area contributed by atoms with Gasteiger partial charge in [-0.05, 0) is 27.4 Å². The van der Waals surface area contributed by atoms with Crippen LogP contribution in [0.25, 0.3) is 0 Å². The summed E-state index contributed by atoms with van der Waals surface area (Å²) in [7, 11) is 0. The molecule has 0 atom stereocenters. The molecule has 84 valence electrons. The highest BCUT2D eigenvalue weighted by atomic mass is 79.9. The van der Waals surface area contributed by atoms with E-state index in [1.54, 1.807) is 0 Å². The second-order valence-corrected chi connectivity index (χ2v) is 5.62. The van der Waals surface area contributed by atoms with Crippen LogP contribution in [-0.4, -0.2) is 26.2 Å². The number of nitrogens with one attached hydrogen (secondary N) is 1. The largest absolute Gasteiger partial charge is 0.434 e. The summed E-state index contributed by atoms with van der Waals surface area (Å²) < 4.78 is 6.39. The van der Waals surface area contributed by atoms with Crippen LogP contribution < -0.4 is 10.2 Å². The van der Waals surface area contributed by atoms with Crippen molar-refractivity contribution in [2.45, 2.75) is 13.8 Å². The lowest BCUT2D eigenvalue weighted by Crippen LogP contribution is -2.34. The van der Waals surface area contributed by atoms with Crippen LogP contribution in [0.5, 0.6) is 0 Å². The fourth-order valence-electron chi connectivity index (χ4n) is 1.96. The molecule has 1 saturated heterocycles. The minimum atomic E-state index is 0.287. The normalized spacial score (nSPS) is 21.4. The Morgan fingerprint density at radius 2 is 2.27 bits per heavy atom. The predicted octanol–water partition coefficient (Wildman–Crippen LogP) is 2.48. The monoisotopic (exact) mass is 272 g/mol. The summed E-state index contributed by atoms with van der Waals surface area (Å²) in [6.45, 7) is 8.66. The highest BCUT2D eigenvalue weighted by Crippen LogP contribution is 2.26. The molecular weight excluding hydrogens is 256 g/mol. The second-order valence-electron chi connectivity index (χ2n) is 4.84. The molecule has 0 spiro atoms. The summed E-state index contributed by atoms with van der Waals surface area (Å²) in [5, 5.41) is 3.45. The van der Waals surface area contributed by atoms with E-state index in [9.17, 15) is 0 Å². The lowest BCUT2D eigenvalue weighted by atomic mass is 9.93. The van der Waals surface area contributed by atoms with Crippen molar-refractivity contribution in [2.75, 3.05) is 31.1 Å². The molecule has 4 heteroatoms. The Hall–Kier alpha value is -0.480. The molecule has 0 radical (unpaired) electrons. The summed E-state index contributed by atoms with van der Waals surface area (Å²) in [5.41, 5.74) is 0.287. The average molecular weight is 273 g/mol. The zero-order valence-electron chi connectivity index (χ0n) is 9.22. The number of nitrogens with zero attached hydrogens (tertiary/aromatic N) is 1. The number of halogens is 1. The molecule has 0 aromatic carbocycles. The predicted molar refractivity (Wildman–Crippen MR) is 65.3 cm³/mol. The molecule has 1 aromatic rings. The third kappa shape index (κ3) is 2.75. The van der Waals surface area contributed by atoms with Gasteiger partial charge in [0.2, 0.25) is 0 Å². The van der Waals surface area contributed by atoms with Gasteiger partial charge >= 0.3 is 0 Å². The Labute approximate surface area is 99.0 Å². The molecule has 2 rings (SSSR count). The highest BCUT2D eigenvalue weighted by Gasteiger charge is 2.25. The van der Waals surface area contributed by atoms with Crippen molar-refractivity contribution < 1.29 is 4.42 Å². The fraction of sp³-hybridized carbons (Fsp3) is 0.636. The maximum Gasteiger partial charge on any atom is 0.197 e. The van der Waals surface area contributed by atoms with Crippen LogP contribution in [-0.2, 0) is 0 Å². The molecule has 0 saturated carbocycles. The number of furan rings is 1. The smallest absolute Gasteiger partial charge is 0.197 e. The SMILES string of the molecule is CC1(C)CNCCN(c2ccc(Br)o2)C1. The van der Waals surface area contributed by atoms with Gasteiger partial charge in [0.05, 0.1) is 0 Å². The van der Waals surface area contributed by atoms with Crippen molar-refractivity contribution in [1.29, 1.82) is 0 Å². The van der Waals surface area contributed by atoms with Crippen LogP contribution in [0.15, 0.2) is 21.2 Å². The van der Waals surface area contributed by atoms with Crippen LogP contribution in [0.2, 0.25) is 0 Å². The molecule has 1 aromatic heterocycles. The maximum absolute atomic E-state index is 5.59. The molecule has 3 nitrogen and oxygen atoms in total. The van der Waals surface area contributed by atoms with Crippen molar-refractivity contribution >= 4 is 21.8 Å². The van der Waals surface area contributed by atoms with E-state index in [1.807, 2.05) is 12.1 Å². The van der Waals surface area contributed by atoms with Crippen molar-refractivity contribution in [3.63, 3.8) is 0 Å². The van der Waals surface area contributed by atoms with Crippen LogP contribution in [0.4, 0.5) is 5.88 Å². The second kappa shape index (κ2) is 4.18. The first-order valence-corrected chi connectivity index (χ1v) is 6.07. The van der Waals surface area contributed by atoms with Gasteiger partial charge in [-0.2, -0.15) is 0 Å². The van der Waals surface area contributed by atoms with E-state index in [1.165, 1.54) is 0 Å². The van der Waals surface area contributed by atoms with Crippen molar-refractivity contribution in [2.24, 2.45) is 5.41 Å². The topological polar surface area (TPSA) is 28.4 Å². The number of anilines is 1. The summed E-state index contributed by atoms with van der Waals surface area (Å²) in [6, 6.07) is 3.96. The third-order valence-electron chi connectivity index (χ3n) is 2.65. The molecule has 15 heavy (non-hydrogen) atoms. The third-order valence-corrected chi connectivity index (χ3v) is 3.08. The summed E-state index contributed by atoms with van der Waals surface area (Å²) in [5.74, 6) is 0.957. The van der Waals surface area contributed by atoms with Gasteiger partial charge in [0.25, 0.3) is 0 Å². The van der Waals surface area contributed by atoms with E-state index in [4.69, 9.17) is 4.42 Å². The Morgan fingerprint density at radius 1 is 1.47 bits per heavy atom. The summed E-state index contributed by atoms with van der Waals surface area (Å²) in [4.78, 5) is 2.30. The van der Waals surface area contributed by atoms with Gasteiger partial charge in [-0.15, -0.1) is 0 Å². The van der Waals surface area contributed by atoms with Crippen LogP contribution >= 0.6 is 15.9 Å². The first-order valence-electron chi connectivity index (χ1n) is 5.28. The average Bonchev–Trinajstić information content (AvgIpc) is 2.49. The molecule has 2 heterocycles. The van der Waals surface area contributed by atoms with Crippen LogP contribution in [0.1, 0.15) is 13.8 Å². The zero-order valence-corrected chi connectivity index (χ0v) is 10.8. The van der Waals surface area contributed by atoms with Crippen LogP contribution in [0.3, 0.4) is 0 Å². The van der Waals surface area contributed by atoms with Gasteiger partial charge in [0.1, 0.15) is 0 Å². The van der Waals surface area contributed by atoms with E-state index in [2.05, 4.69) is 40.0 Å². The number of hydrogen-bond donors (Lipinski definition) is 1. The molecule has 0 bridgehead atoms. The number of rotatable bonds is 1. The Morgan fingerprint density at radius 3 is 2.93 bits per heavy atom. The van der Waals surface area contributed by atoms with E-state index in [-0.39, 0.29) is 5.41 Å². The number of hydrogen-bond acceptors (Lipinski definition) is 3. The Bertz CT molecular complexity index is 335. The minimum Gasteiger partial charge on any atom is -0.434 e. The van der Waals surface area contributed by atoms with Gasteiger partial charge in [0, 0.05) is 32.2 Å². The van der Waals surface area contributed by atoms with Gasteiger partial charge < -0.3 is 14.6 Å².